The number of carbonyl (C=O) groups is 1. The Morgan fingerprint density at radius 1 is 1.07 bits per heavy atom. The third-order valence-electron chi connectivity index (χ3n) is 5.16. The highest BCUT2D eigenvalue weighted by Gasteiger charge is 2.19. The Kier molecular flexibility index (Phi) is 7.06. The Morgan fingerprint density at radius 3 is 2.61 bits per heavy atom. The van der Waals surface area contributed by atoms with Crippen molar-refractivity contribution in [2.45, 2.75) is 19.5 Å². The topological polar surface area (TPSA) is 36.0 Å². The SMILES string of the molecule is CN(C)CCN(Cc1ccccc1)C(=O)COc1cccc2c1CN(C)CC2. The lowest BCUT2D eigenvalue weighted by molar-refractivity contribution is -0.134. The van der Waals surface area contributed by atoms with E-state index in [2.05, 4.69) is 35.0 Å². The third kappa shape index (κ3) is 5.57. The van der Waals surface area contributed by atoms with Crippen LogP contribution < -0.4 is 4.74 Å². The molecule has 0 radical (unpaired) electrons. The van der Waals surface area contributed by atoms with Crippen LogP contribution in [-0.4, -0.2) is 68.0 Å². The highest BCUT2D eigenvalue weighted by Crippen LogP contribution is 2.27. The largest absolute Gasteiger partial charge is 0.483 e. The van der Waals surface area contributed by atoms with Gasteiger partial charge in [-0.2, -0.15) is 0 Å². The molecule has 0 spiro atoms. The molecule has 2 aromatic carbocycles. The van der Waals surface area contributed by atoms with Gasteiger partial charge in [0.1, 0.15) is 5.75 Å². The molecule has 0 bridgehead atoms. The molecule has 28 heavy (non-hydrogen) atoms. The molecule has 0 atom stereocenters. The number of amides is 1. The highest BCUT2D eigenvalue weighted by molar-refractivity contribution is 5.77. The minimum Gasteiger partial charge on any atom is -0.483 e. The van der Waals surface area contributed by atoms with E-state index in [1.54, 1.807) is 0 Å². The maximum Gasteiger partial charge on any atom is 0.260 e. The second-order valence-corrected chi connectivity index (χ2v) is 7.77. The minimum absolute atomic E-state index is 0.0208. The van der Waals surface area contributed by atoms with E-state index in [0.717, 1.165) is 37.4 Å². The number of carbonyl (C=O) groups excluding carboxylic acids is 1. The van der Waals surface area contributed by atoms with Gasteiger partial charge in [0.25, 0.3) is 5.91 Å². The predicted octanol–water partition coefficient (Wildman–Crippen LogP) is 2.64. The van der Waals surface area contributed by atoms with Gasteiger partial charge in [0.2, 0.25) is 0 Å². The number of fused-ring (bicyclic) bond motifs is 1. The summed E-state index contributed by atoms with van der Waals surface area (Å²) in [4.78, 5) is 19.2. The highest BCUT2D eigenvalue weighted by atomic mass is 16.5. The molecule has 0 saturated carbocycles. The van der Waals surface area contributed by atoms with Crippen molar-refractivity contribution in [3.63, 3.8) is 0 Å². The zero-order valence-corrected chi connectivity index (χ0v) is 17.2. The summed E-state index contributed by atoms with van der Waals surface area (Å²) in [7, 11) is 6.16. The average molecular weight is 382 g/mol. The van der Waals surface area contributed by atoms with Crippen LogP contribution in [0.1, 0.15) is 16.7 Å². The molecule has 0 saturated heterocycles. The first-order valence-electron chi connectivity index (χ1n) is 9.91. The molecule has 1 amide bonds. The monoisotopic (exact) mass is 381 g/mol. The summed E-state index contributed by atoms with van der Waals surface area (Å²) in [6.07, 6.45) is 1.03. The van der Waals surface area contributed by atoms with E-state index in [9.17, 15) is 4.79 Å². The predicted molar refractivity (Wildman–Crippen MR) is 112 cm³/mol. The van der Waals surface area contributed by atoms with Crippen LogP contribution in [0.4, 0.5) is 0 Å². The molecular weight excluding hydrogens is 350 g/mol. The third-order valence-corrected chi connectivity index (χ3v) is 5.16. The quantitative estimate of drug-likeness (QED) is 0.704. The van der Waals surface area contributed by atoms with E-state index < -0.39 is 0 Å². The summed E-state index contributed by atoms with van der Waals surface area (Å²) in [6, 6.07) is 16.3. The number of ether oxygens (including phenoxy) is 1. The van der Waals surface area contributed by atoms with Crippen molar-refractivity contribution in [1.82, 2.24) is 14.7 Å². The Morgan fingerprint density at radius 2 is 1.86 bits per heavy atom. The smallest absolute Gasteiger partial charge is 0.260 e. The number of hydrogen-bond donors (Lipinski definition) is 0. The van der Waals surface area contributed by atoms with Crippen LogP contribution in [-0.2, 0) is 24.3 Å². The van der Waals surface area contributed by atoms with Crippen LogP contribution in [0.15, 0.2) is 48.5 Å². The standard InChI is InChI=1S/C23H31N3O2/c1-24(2)14-15-26(16-19-8-5-4-6-9-19)23(27)18-28-22-11-7-10-20-12-13-25(3)17-21(20)22/h4-11H,12-18H2,1-3H3. The number of rotatable bonds is 8. The second-order valence-electron chi connectivity index (χ2n) is 7.77. The van der Waals surface area contributed by atoms with Gasteiger partial charge in [-0.3, -0.25) is 4.79 Å². The minimum atomic E-state index is 0.0208. The lowest BCUT2D eigenvalue weighted by atomic mass is 9.99. The maximum atomic E-state index is 12.9. The van der Waals surface area contributed by atoms with Crippen molar-refractivity contribution in [3.8, 4) is 5.75 Å². The van der Waals surface area contributed by atoms with E-state index >= 15 is 0 Å². The summed E-state index contributed by atoms with van der Waals surface area (Å²) in [5.41, 5.74) is 3.68. The first-order chi connectivity index (χ1) is 13.5. The molecule has 1 aliphatic rings. The van der Waals surface area contributed by atoms with Gasteiger partial charge in [0.15, 0.2) is 6.61 Å². The van der Waals surface area contributed by atoms with Crippen molar-refractivity contribution in [2.24, 2.45) is 0 Å². The fraction of sp³-hybridized carbons (Fsp3) is 0.435. The van der Waals surface area contributed by atoms with Crippen molar-refractivity contribution in [2.75, 3.05) is 47.4 Å². The van der Waals surface area contributed by atoms with E-state index in [4.69, 9.17) is 4.74 Å². The average Bonchev–Trinajstić information content (AvgIpc) is 2.70. The van der Waals surface area contributed by atoms with E-state index in [-0.39, 0.29) is 12.5 Å². The van der Waals surface area contributed by atoms with Gasteiger partial charge in [-0.25, -0.2) is 0 Å². The summed E-state index contributed by atoms with van der Waals surface area (Å²) in [6.45, 7) is 4.11. The first kappa shape index (κ1) is 20.4. The summed E-state index contributed by atoms with van der Waals surface area (Å²) in [5, 5.41) is 0. The molecule has 2 aromatic rings. The van der Waals surface area contributed by atoms with Crippen molar-refractivity contribution < 1.29 is 9.53 Å². The zero-order valence-electron chi connectivity index (χ0n) is 17.2. The Bertz CT molecular complexity index is 777. The first-order valence-corrected chi connectivity index (χ1v) is 9.91. The summed E-state index contributed by atoms with van der Waals surface area (Å²) < 4.78 is 6.01. The van der Waals surface area contributed by atoms with Crippen LogP contribution in [0.25, 0.3) is 0 Å². The fourth-order valence-corrected chi connectivity index (χ4v) is 3.47. The molecule has 5 heteroatoms. The number of nitrogens with zero attached hydrogens (tertiary/aromatic N) is 3. The van der Waals surface area contributed by atoms with E-state index in [1.807, 2.05) is 49.3 Å². The van der Waals surface area contributed by atoms with Crippen LogP contribution >= 0.6 is 0 Å². The van der Waals surface area contributed by atoms with Crippen LogP contribution in [0.5, 0.6) is 5.75 Å². The lowest BCUT2D eigenvalue weighted by Gasteiger charge is -2.28. The lowest BCUT2D eigenvalue weighted by Crippen LogP contribution is -2.39. The van der Waals surface area contributed by atoms with Gasteiger partial charge < -0.3 is 19.4 Å². The summed E-state index contributed by atoms with van der Waals surface area (Å²) >= 11 is 0. The van der Waals surface area contributed by atoms with Crippen LogP contribution in [0, 0.1) is 0 Å². The molecular formula is C23H31N3O2. The Hall–Kier alpha value is -2.37. The Balaban J connectivity index is 1.66. The number of likely N-dealkylation sites (N-methyl/N-ethyl adjacent to an activating group) is 2. The van der Waals surface area contributed by atoms with Gasteiger partial charge in [-0.05, 0) is 44.8 Å². The number of benzene rings is 2. The van der Waals surface area contributed by atoms with Gasteiger partial charge >= 0.3 is 0 Å². The molecule has 0 fully saturated rings. The normalized spacial score (nSPS) is 14.0. The molecule has 1 aliphatic heterocycles. The molecule has 0 aromatic heterocycles. The van der Waals surface area contributed by atoms with Crippen LogP contribution in [0.2, 0.25) is 0 Å². The number of hydrogen-bond acceptors (Lipinski definition) is 4. The Labute approximate surface area is 168 Å². The van der Waals surface area contributed by atoms with Gasteiger partial charge in [0.05, 0.1) is 0 Å². The second kappa shape index (κ2) is 9.71. The molecule has 0 aliphatic carbocycles. The van der Waals surface area contributed by atoms with Crippen molar-refractivity contribution in [3.05, 3.63) is 65.2 Å². The van der Waals surface area contributed by atoms with Crippen molar-refractivity contribution in [1.29, 1.82) is 0 Å². The molecule has 0 N–H and O–H groups in total. The zero-order chi connectivity index (χ0) is 19.9. The molecule has 0 unspecified atom stereocenters. The molecule has 3 rings (SSSR count). The van der Waals surface area contributed by atoms with Crippen molar-refractivity contribution >= 4 is 5.91 Å². The van der Waals surface area contributed by atoms with E-state index in [0.29, 0.717) is 13.1 Å². The van der Waals surface area contributed by atoms with Gasteiger partial charge in [0, 0.05) is 38.3 Å². The fourth-order valence-electron chi connectivity index (χ4n) is 3.47. The maximum absolute atomic E-state index is 12.9. The molecule has 5 nitrogen and oxygen atoms in total. The van der Waals surface area contributed by atoms with Crippen LogP contribution in [0.3, 0.4) is 0 Å². The van der Waals surface area contributed by atoms with Gasteiger partial charge in [-0.15, -0.1) is 0 Å². The summed E-state index contributed by atoms with van der Waals surface area (Å²) in [5.74, 6) is 0.858. The van der Waals surface area contributed by atoms with Gasteiger partial charge in [-0.1, -0.05) is 42.5 Å². The molecule has 150 valence electrons. The molecule has 1 heterocycles. The van der Waals surface area contributed by atoms with E-state index in [1.165, 1.54) is 11.1 Å².